The number of hydrogen-bond donors (Lipinski definition) is 1. The molecule has 10 aromatic rings. The van der Waals surface area contributed by atoms with E-state index < -0.39 is 0 Å². The first-order chi connectivity index (χ1) is 28.1. The highest BCUT2D eigenvalue weighted by Gasteiger charge is 2.21. The number of pyridine rings is 1. The molecule has 0 amide bonds. The Morgan fingerprint density at radius 2 is 1.04 bits per heavy atom. The van der Waals surface area contributed by atoms with Gasteiger partial charge in [-0.05, 0) is 47.3 Å². The van der Waals surface area contributed by atoms with Crippen molar-refractivity contribution in [3.8, 4) is 34.2 Å². The molecule has 8 heteroatoms. The van der Waals surface area contributed by atoms with Gasteiger partial charge in [-0.3, -0.25) is 14.6 Å². The summed E-state index contributed by atoms with van der Waals surface area (Å²) in [5, 5.41) is 13.3. The summed E-state index contributed by atoms with van der Waals surface area (Å²) in [6.45, 7) is 0. The number of nitrogens with one attached hydrogen (secondary N) is 1. The molecular weight excluding hydrogens is 703 g/mol. The van der Waals surface area contributed by atoms with Gasteiger partial charge in [0.2, 0.25) is 0 Å². The Bertz CT molecular complexity index is 3190. The maximum Gasteiger partial charge on any atom is 0.263 e. The molecule has 0 radical (unpaired) electrons. The van der Waals surface area contributed by atoms with Crippen LogP contribution >= 0.6 is 0 Å². The molecule has 0 fully saturated rings. The summed E-state index contributed by atoms with van der Waals surface area (Å²) in [6, 6.07) is 56.8. The SMILES string of the molecule is N=C(/N=C(\N=C\c1ccccc1)c1ccccc1)c1cc2c3ccccc3c(=O)n3c4ccc(-c5nc(-c6ccccc6)nc(-c6ccccc6)n5)cc4c(c1)c23. The fourth-order valence-electron chi connectivity index (χ4n) is 7.40. The highest BCUT2D eigenvalue weighted by Crippen LogP contribution is 2.37. The van der Waals surface area contributed by atoms with E-state index in [0.29, 0.717) is 34.3 Å². The van der Waals surface area contributed by atoms with E-state index in [4.69, 9.17) is 24.9 Å². The van der Waals surface area contributed by atoms with Crippen molar-refractivity contribution < 1.29 is 0 Å². The number of benzene rings is 7. The molecule has 7 aromatic carbocycles. The number of fused-ring (bicyclic) bond motifs is 5. The van der Waals surface area contributed by atoms with Gasteiger partial charge in [0.15, 0.2) is 29.1 Å². The Morgan fingerprint density at radius 1 is 0.509 bits per heavy atom. The molecule has 8 nitrogen and oxygen atoms in total. The number of rotatable bonds is 6. The molecule has 0 unspecified atom stereocenters. The van der Waals surface area contributed by atoms with Gasteiger partial charge < -0.3 is 0 Å². The van der Waals surface area contributed by atoms with Crippen molar-refractivity contribution in [2.24, 2.45) is 9.98 Å². The number of aromatic nitrogens is 4. The quantitative estimate of drug-likeness (QED) is 0.104. The highest BCUT2D eigenvalue weighted by molar-refractivity contribution is 6.23. The summed E-state index contributed by atoms with van der Waals surface area (Å²) in [5.74, 6) is 2.08. The van der Waals surface area contributed by atoms with Gasteiger partial charge in [0.05, 0.1) is 11.0 Å². The molecule has 0 atom stereocenters. The minimum Gasteiger partial charge on any atom is -0.282 e. The van der Waals surface area contributed by atoms with Gasteiger partial charge in [0, 0.05) is 55.6 Å². The van der Waals surface area contributed by atoms with E-state index in [0.717, 1.165) is 60.4 Å². The Balaban J connectivity index is 1.19. The molecule has 0 aliphatic heterocycles. The zero-order valence-electron chi connectivity index (χ0n) is 30.4. The molecule has 268 valence electrons. The summed E-state index contributed by atoms with van der Waals surface area (Å²) >= 11 is 0. The van der Waals surface area contributed by atoms with Gasteiger partial charge in [-0.2, -0.15) is 0 Å². The van der Waals surface area contributed by atoms with Gasteiger partial charge in [-0.15, -0.1) is 0 Å². The lowest BCUT2D eigenvalue weighted by Crippen LogP contribution is -2.13. The van der Waals surface area contributed by atoms with Crippen molar-refractivity contribution in [3.63, 3.8) is 0 Å². The standard InChI is InChI=1S/C49H31N7O/c50-44(52-45(32-17-7-2-8-18-32)51-30-31-15-5-1-6-16-31)36-28-40-37-23-13-14-24-38(37)49(57)56-42-26-25-35(27-39(42)41(29-36)43(40)56)48-54-46(33-19-9-3-10-20-33)53-47(55-48)34-21-11-4-12-22-34/h1-30,50H/b50-44?,51-30+,52-45-. The van der Waals surface area contributed by atoms with Crippen LogP contribution < -0.4 is 5.56 Å². The van der Waals surface area contributed by atoms with E-state index in [9.17, 15) is 10.2 Å². The summed E-state index contributed by atoms with van der Waals surface area (Å²) < 4.78 is 1.79. The lowest BCUT2D eigenvalue weighted by Gasteiger charge is -2.09. The molecule has 0 aliphatic carbocycles. The van der Waals surface area contributed by atoms with Gasteiger partial charge in [-0.1, -0.05) is 140 Å². The Labute approximate surface area is 326 Å². The molecule has 0 saturated carbocycles. The predicted molar refractivity (Wildman–Crippen MR) is 231 cm³/mol. The fraction of sp³-hybridized carbons (Fsp3) is 0. The number of amidine groups is 2. The van der Waals surface area contributed by atoms with Crippen LogP contribution in [0.25, 0.3) is 72.1 Å². The van der Waals surface area contributed by atoms with Crippen LogP contribution in [0.5, 0.6) is 0 Å². The highest BCUT2D eigenvalue weighted by atomic mass is 16.1. The third-order valence-corrected chi connectivity index (χ3v) is 10.1. The van der Waals surface area contributed by atoms with Crippen molar-refractivity contribution >= 4 is 55.9 Å². The molecule has 0 spiro atoms. The van der Waals surface area contributed by atoms with Gasteiger partial charge in [-0.25, -0.2) is 24.9 Å². The van der Waals surface area contributed by atoms with E-state index in [1.54, 1.807) is 10.6 Å². The Kier molecular flexibility index (Phi) is 8.26. The lowest BCUT2D eigenvalue weighted by atomic mass is 10.0. The minimum atomic E-state index is -0.105. The minimum absolute atomic E-state index is 0.0427. The van der Waals surface area contributed by atoms with Crippen LogP contribution in [-0.4, -0.2) is 37.2 Å². The van der Waals surface area contributed by atoms with Crippen LogP contribution in [0.15, 0.2) is 191 Å². The third-order valence-electron chi connectivity index (χ3n) is 10.1. The smallest absolute Gasteiger partial charge is 0.263 e. The van der Waals surface area contributed by atoms with Crippen LogP contribution in [0.1, 0.15) is 16.7 Å². The molecule has 0 aliphatic rings. The summed E-state index contributed by atoms with van der Waals surface area (Å²) in [4.78, 5) is 38.7. The van der Waals surface area contributed by atoms with E-state index >= 15 is 0 Å². The first kappa shape index (κ1) is 33.6. The average molecular weight is 734 g/mol. The van der Waals surface area contributed by atoms with Crippen molar-refractivity contribution in [2.45, 2.75) is 0 Å². The third kappa shape index (κ3) is 6.11. The predicted octanol–water partition coefficient (Wildman–Crippen LogP) is 10.3. The molecule has 57 heavy (non-hydrogen) atoms. The normalized spacial score (nSPS) is 12.0. The molecule has 0 saturated heterocycles. The van der Waals surface area contributed by atoms with Crippen molar-refractivity contribution in [1.29, 1.82) is 5.41 Å². The van der Waals surface area contributed by atoms with Crippen molar-refractivity contribution in [2.75, 3.05) is 0 Å². The zero-order valence-corrected chi connectivity index (χ0v) is 30.4. The second-order valence-electron chi connectivity index (χ2n) is 13.7. The average Bonchev–Trinajstić information content (AvgIpc) is 3.62. The maximum absolute atomic E-state index is 14.3. The molecular formula is C49H31N7O. The lowest BCUT2D eigenvalue weighted by molar-refractivity contribution is 1.07. The number of hydrogen-bond acceptors (Lipinski definition) is 5. The second-order valence-corrected chi connectivity index (χ2v) is 13.7. The first-order valence-electron chi connectivity index (χ1n) is 18.5. The molecule has 3 heterocycles. The van der Waals surface area contributed by atoms with Crippen LogP contribution in [0.2, 0.25) is 0 Å². The van der Waals surface area contributed by atoms with Crippen molar-refractivity contribution in [3.05, 3.63) is 203 Å². The molecule has 0 bridgehead atoms. The van der Waals surface area contributed by atoms with Crippen LogP contribution in [0.3, 0.4) is 0 Å². The fourth-order valence-corrected chi connectivity index (χ4v) is 7.40. The Hall–Kier alpha value is -7.97. The summed E-state index contributed by atoms with van der Waals surface area (Å²) in [7, 11) is 0. The van der Waals surface area contributed by atoms with Crippen LogP contribution in [-0.2, 0) is 0 Å². The van der Waals surface area contributed by atoms with Gasteiger partial charge in [0.1, 0.15) is 0 Å². The Morgan fingerprint density at radius 3 is 1.67 bits per heavy atom. The molecule has 3 aromatic heterocycles. The maximum atomic E-state index is 14.3. The summed E-state index contributed by atoms with van der Waals surface area (Å²) in [6.07, 6.45) is 1.76. The number of nitrogens with zero attached hydrogens (tertiary/aromatic N) is 6. The summed E-state index contributed by atoms with van der Waals surface area (Å²) in [5.41, 5.74) is 6.25. The van der Waals surface area contributed by atoms with Crippen molar-refractivity contribution in [1.82, 2.24) is 19.4 Å². The van der Waals surface area contributed by atoms with Gasteiger partial charge >= 0.3 is 0 Å². The topological polar surface area (TPSA) is 109 Å². The van der Waals surface area contributed by atoms with E-state index in [2.05, 4.69) is 0 Å². The largest absolute Gasteiger partial charge is 0.282 e. The first-order valence-corrected chi connectivity index (χ1v) is 18.5. The van der Waals surface area contributed by atoms with Crippen LogP contribution in [0.4, 0.5) is 0 Å². The molecule has 10 rings (SSSR count). The van der Waals surface area contributed by atoms with Gasteiger partial charge in [0.25, 0.3) is 5.56 Å². The second kappa shape index (κ2) is 14.0. The van der Waals surface area contributed by atoms with E-state index in [-0.39, 0.29) is 11.4 Å². The van der Waals surface area contributed by atoms with E-state index in [1.807, 2.05) is 176 Å². The monoisotopic (exact) mass is 733 g/mol. The molecule has 1 N–H and O–H groups in total. The van der Waals surface area contributed by atoms with E-state index in [1.165, 1.54) is 0 Å². The van der Waals surface area contributed by atoms with Crippen LogP contribution in [0, 0.1) is 5.41 Å². The number of aliphatic imine (C=N–C) groups is 2. The zero-order chi connectivity index (χ0) is 38.3.